The van der Waals surface area contributed by atoms with Crippen molar-refractivity contribution in [2.24, 2.45) is 0 Å². The molecule has 31 heavy (non-hydrogen) atoms. The molecule has 1 aromatic heterocycles. The first-order valence-electron chi connectivity index (χ1n) is 9.67. The molecular formula is C22H23FN4O4. The van der Waals surface area contributed by atoms with E-state index in [-0.39, 0.29) is 37.1 Å². The first kappa shape index (κ1) is 21.8. The molecule has 0 fully saturated rings. The minimum absolute atomic E-state index is 0.00161. The average molecular weight is 426 g/mol. The summed E-state index contributed by atoms with van der Waals surface area (Å²) in [7, 11) is 1.57. The fourth-order valence-electron chi connectivity index (χ4n) is 2.74. The molecular weight excluding hydrogens is 403 g/mol. The number of nitrogens with zero attached hydrogens (tertiary/aromatic N) is 2. The van der Waals surface area contributed by atoms with Gasteiger partial charge in [0.1, 0.15) is 12.3 Å². The molecule has 1 heterocycles. The molecule has 0 unspecified atom stereocenters. The van der Waals surface area contributed by atoms with E-state index in [1.807, 2.05) is 0 Å². The lowest BCUT2D eigenvalue weighted by atomic mass is 10.3. The molecule has 0 bridgehead atoms. The van der Waals surface area contributed by atoms with Crippen molar-refractivity contribution in [2.75, 3.05) is 24.4 Å². The van der Waals surface area contributed by atoms with Crippen LogP contribution in [-0.2, 0) is 16.1 Å². The van der Waals surface area contributed by atoms with E-state index in [2.05, 4.69) is 15.7 Å². The van der Waals surface area contributed by atoms with Gasteiger partial charge in [-0.2, -0.15) is 5.10 Å². The van der Waals surface area contributed by atoms with Crippen molar-refractivity contribution < 1.29 is 23.5 Å². The van der Waals surface area contributed by atoms with Crippen LogP contribution < -0.4 is 20.1 Å². The van der Waals surface area contributed by atoms with Gasteiger partial charge in [-0.25, -0.2) is 4.39 Å². The zero-order valence-corrected chi connectivity index (χ0v) is 17.0. The van der Waals surface area contributed by atoms with E-state index in [0.29, 0.717) is 23.5 Å². The van der Waals surface area contributed by atoms with Crippen LogP contribution in [0.25, 0.3) is 0 Å². The smallest absolute Gasteiger partial charge is 0.246 e. The Kier molecular flexibility index (Phi) is 7.58. The van der Waals surface area contributed by atoms with E-state index >= 15 is 0 Å². The SMILES string of the molecule is COc1ccc(NC(=O)Cn2cc(NC(=O)CCCOc3ccccc3F)cn2)cc1. The molecule has 2 N–H and O–H groups in total. The number of halogens is 1. The van der Waals surface area contributed by atoms with Crippen LogP contribution in [0.15, 0.2) is 60.9 Å². The number of benzene rings is 2. The summed E-state index contributed by atoms with van der Waals surface area (Å²) in [4.78, 5) is 24.2. The summed E-state index contributed by atoms with van der Waals surface area (Å²) < 4.78 is 25.3. The number of para-hydroxylation sites is 1. The Bertz CT molecular complexity index is 1020. The van der Waals surface area contributed by atoms with Crippen LogP contribution in [0.1, 0.15) is 12.8 Å². The zero-order valence-electron chi connectivity index (χ0n) is 17.0. The van der Waals surface area contributed by atoms with Crippen LogP contribution in [0.4, 0.5) is 15.8 Å². The second-order valence-electron chi connectivity index (χ2n) is 6.63. The van der Waals surface area contributed by atoms with Gasteiger partial charge in [-0.3, -0.25) is 14.3 Å². The number of methoxy groups -OCH3 is 1. The molecule has 3 aromatic rings. The Morgan fingerprint density at radius 3 is 2.52 bits per heavy atom. The van der Waals surface area contributed by atoms with Crippen molar-refractivity contribution in [3.63, 3.8) is 0 Å². The number of hydrogen-bond acceptors (Lipinski definition) is 5. The Labute approximate surface area is 179 Å². The van der Waals surface area contributed by atoms with Crippen molar-refractivity contribution in [1.29, 1.82) is 0 Å². The van der Waals surface area contributed by atoms with Gasteiger partial charge in [0.05, 0.1) is 25.6 Å². The second-order valence-corrected chi connectivity index (χ2v) is 6.63. The summed E-state index contributed by atoms with van der Waals surface area (Å²) in [5.41, 5.74) is 1.13. The average Bonchev–Trinajstić information content (AvgIpc) is 3.19. The molecule has 2 aromatic carbocycles. The van der Waals surface area contributed by atoms with Crippen molar-refractivity contribution in [3.8, 4) is 11.5 Å². The predicted molar refractivity (Wildman–Crippen MR) is 114 cm³/mol. The Morgan fingerprint density at radius 2 is 1.77 bits per heavy atom. The second kappa shape index (κ2) is 10.8. The van der Waals surface area contributed by atoms with Gasteiger partial charge >= 0.3 is 0 Å². The molecule has 0 spiro atoms. The van der Waals surface area contributed by atoms with Gasteiger partial charge < -0.3 is 20.1 Å². The highest BCUT2D eigenvalue weighted by Gasteiger charge is 2.09. The van der Waals surface area contributed by atoms with E-state index in [1.165, 1.54) is 23.0 Å². The molecule has 0 saturated carbocycles. The van der Waals surface area contributed by atoms with E-state index in [1.54, 1.807) is 49.7 Å². The molecule has 0 saturated heterocycles. The normalized spacial score (nSPS) is 10.4. The fraction of sp³-hybridized carbons (Fsp3) is 0.227. The predicted octanol–water partition coefficient (Wildman–Crippen LogP) is 3.47. The summed E-state index contributed by atoms with van der Waals surface area (Å²) in [6.45, 7) is 0.220. The number of ether oxygens (including phenoxy) is 2. The number of carbonyl (C=O) groups excluding carboxylic acids is 2. The van der Waals surface area contributed by atoms with Crippen LogP contribution in [0.5, 0.6) is 11.5 Å². The van der Waals surface area contributed by atoms with Gasteiger partial charge in [-0.1, -0.05) is 12.1 Å². The first-order valence-corrected chi connectivity index (χ1v) is 9.67. The number of anilines is 2. The lowest BCUT2D eigenvalue weighted by Gasteiger charge is -2.07. The van der Waals surface area contributed by atoms with Crippen molar-refractivity contribution in [1.82, 2.24) is 9.78 Å². The van der Waals surface area contributed by atoms with Crippen molar-refractivity contribution in [3.05, 3.63) is 66.7 Å². The molecule has 0 atom stereocenters. The number of rotatable bonds is 10. The highest BCUT2D eigenvalue weighted by molar-refractivity contribution is 5.91. The summed E-state index contributed by atoms with van der Waals surface area (Å²) in [6.07, 6.45) is 3.67. The maximum Gasteiger partial charge on any atom is 0.246 e. The molecule has 0 radical (unpaired) electrons. The Balaban J connectivity index is 1.39. The van der Waals surface area contributed by atoms with Gasteiger partial charge in [0, 0.05) is 18.3 Å². The number of nitrogens with one attached hydrogen (secondary N) is 2. The molecule has 2 amide bonds. The third-order valence-corrected chi connectivity index (χ3v) is 4.24. The number of carbonyl (C=O) groups is 2. The molecule has 0 aliphatic carbocycles. The molecule has 0 aliphatic rings. The van der Waals surface area contributed by atoms with Crippen LogP contribution in [-0.4, -0.2) is 35.3 Å². The highest BCUT2D eigenvalue weighted by Crippen LogP contribution is 2.16. The Morgan fingerprint density at radius 1 is 1.03 bits per heavy atom. The monoisotopic (exact) mass is 426 g/mol. The van der Waals surface area contributed by atoms with Crippen LogP contribution in [0.2, 0.25) is 0 Å². The van der Waals surface area contributed by atoms with E-state index in [0.717, 1.165) is 0 Å². The summed E-state index contributed by atoms with van der Waals surface area (Å²) in [6, 6.07) is 13.1. The standard InChI is InChI=1S/C22H23FN4O4/c1-30-18-10-8-16(9-11-18)25-22(29)15-27-14-17(13-24-27)26-21(28)7-4-12-31-20-6-3-2-5-19(20)23/h2-3,5-6,8-11,13-14H,4,7,12,15H2,1H3,(H,25,29)(H,26,28). The van der Waals surface area contributed by atoms with E-state index in [9.17, 15) is 14.0 Å². The summed E-state index contributed by atoms with van der Waals surface area (Å²) in [5, 5.41) is 9.55. The van der Waals surface area contributed by atoms with Gasteiger partial charge in [-0.05, 0) is 42.8 Å². The quantitative estimate of drug-likeness (QED) is 0.484. The maximum absolute atomic E-state index is 13.5. The van der Waals surface area contributed by atoms with Crippen molar-refractivity contribution in [2.45, 2.75) is 19.4 Å². The largest absolute Gasteiger partial charge is 0.497 e. The van der Waals surface area contributed by atoms with Gasteiger partial charge in [0.15, 0.2) is 11.6 Å². The first-order chi connectivity index (χ1) is 15.0. The minimum Gasteiger partial charge on any atom is -0.497 e. The van der Waals surface area contributed by atoms with E-state index in [4.69, 9.17) is 9.47 Å². The lowest BCUT2D eigenvalue weighted by molar-refractivity contribution is -0.117. The molecule has 9 heteroatoms. The van der Waals surface area contributed by atoms with Gasteiger partial charge in [-0.15, -0.1) is 0 Å². The number of amides is 2. The van der Waals surface area contributed by atoms with Crippen LogP contribution in [0.3, 0.4) is 0 Å². The third-order valence-electron chi connectivity index (χ3n) is 4.24. The molecule has 162 valence electrons. The number of aromatic nitrogens is 2. The van der Waals surface area contributed by atoms with Gasteiger partial charge in [0.25, 0.3) is 0 Å². The zero-order chi connectivity index (χ0) is 22.1. The van der Waals surface area contributed by atoms with E-state index < -0.39 is 5.82 Å². The fourth-order valence-corrected chi connectivity index (χ4v) is 2.74. The van der Waals surface area contributed by atoms with Gasteiger partial charge in [0.2, 0.25) is 11.8 Å². The topological polar surface area (TPSA) is 94.5 Å². The number of hydrogen-bond donors (Lipinski definition) is 2. The van der Waals surface area contributed by atoms with Crippen LogP contribution in [0, 0.1) is 5.82 Å². The molecule has 3 rings (SSSR count). The molecule has 0 aliphatic heterocycles. The van der Waals surface area contributed by atoms with Crippen molar-refractivity contribution >= 4 is 23.2 Å². The van der Waals surface area contributed by atoms with Crippen LogP contribution >= 0.6 is 0 Å². The molecule has 8 nitrogen and oxygen atoms in total. The summed E-state index contributed by atoms with van der Waals surface area (Å²) in [5.74, 6) is -0.0486. The maximum atomic E-state index is 13.5. The minimum atomic E-state index is -0.435. The lowest BCUT2D eigenvalue weighted by Crippen LogP contribution is -2.19. The highest BCUT2D eigenvalue weighted by atomic mass is 19.1. The Hall–Kier alpha value is -3.88. The third kappa shape index (κ3) is 6.84. The summed E-state index contributed by atoms with van der Waals surface area (Å²) >= 11 is 0.